The normalized spacial score (nSPS) is 15.7. The SMILES string of the molecule is CN(C)C(=O)N1CCN(c2cccn3ccnc23)CC1. The molecule has 0 atom stereocenters. The van der Waals surface area contributed by atoms with Gasteiger partial charge in [-0.3, -0.25) is 0 Å². The van der Waals surface area contributed by atoms with Crippen LogP contribution in [0.1, 0.15) is 0 Å². The van der Waals surface area contributed by atoms with E-state index in [1.165, 1.54) is 0 Å². The fourth-order valence-electron chi connectivity index (χ4n) is 2.60. The summed E-state index contributed by atoms with van der Waals surface area (Å²) < 4.78 is 2.02. The van der Waals surface area contributed by atoms with Crippen molar-refractivity contribution in [2.75, 3.05) is 45.2 Å². The lowest BCUT2D eigenvalue weighted by Gasteiger charge is -2.37. The minimum atomic E-state index is 0.0867. The Labute approximate surface area is 118 Å². The molecule has 6 nitrogen and oxygen atoms in total. The van der Waals surface area contributed by atoms with Crippen LogP contribution in [0, 0.1) is 0 Å². The molecule has 3 rings (SSSR count). The average Bonchev–Trinajstić information content (AvgIpc) is 2.95. The first-order valence-electron chi connectivity index (χ1n) is 6.79. The van der Waals surface area contributed by atoms with E-state index in [9.17, 15) is 4.79 Å². The first-order valence-corrected chi connectivity index (χ1v) is 6.79. The molecule has 2 aromatic rings. The number of nitrogens with zero attached hydrogens (tertiary/aromatic N) is 5. The number of carbonyl (C=O) groups is 1. The Kier molecular flexibility index (Phi) is 3.22. The molecule has 6 heteroatoms. The van der Waals surface area contributed by atoms with Gasteiger partial charge in [-0.05, 0) is 12.1 Å². The minimum absolute atomic E-state index is 0.0867. The molecule has 0 saturated carbocycles. The van der Waals surface area contributed by atoms with E-state index in [4.69, 9.17) is 0 Å². The average molecular weight is 273 g/mol. The molecule has 0 unspecified atom stereocenters. The number of anilines is 1. The van der Waals surface area contributed by atoms with Crippen LogP contribution >= 0.6 is 0 Å². The van der Waals surface area contributed by atoms with Crippen molar-refractivity contribution in [2.45, 2.75) is 0 Å². The van der Waals surface area contributed by atoms with Crippen molar-refractivity contribution in [3.05, 3.63) is 30.7 Å². The molecule has 1 aliphatic rings. The molecule has 0 radical (unpaired) electrons. The highest BCUT2D eigenvalue weighted by atomic mass is 16.2. The summed E-state index contributed by atoms with van der Waals surface area (Å²) in [5.74, 6) is 0. The molecule has 0 aromatic carbocycles. The molecule has 20 heavy (non-hydrogen) atoms. The van der Waals surface area contributed by atoms with Crippen molar-refractivity contribution >= 4 is 17.4 Å². The van der Waals surface area contributed by atoms with Gasteiger partial charge in [0.25, 0.3) is 0 Å². The third-order valence-electron chi connectivity index (χ3n) is 3.67. The number of urea groups is 1. The summed E-state index contributed by atoms with van der Waals surface area (Å²) in [6, 6.07) is 4.20. The summed E-state index contributed by atoms with van der Waals surface area (Å²) in [5, 5.41) is 0. The van der Waals surface area contributed by atoms with Crippen molar-refractivity contribution in [1.29, 1.82) is 0 Å². The van der Waals surface area contributed by atoms with Crippen molar-refractivity contribution in [2.24, 2.45) is 0 Å². The van der Waals surface area contributed by atoms with E-state index in [0.717, 1.165) is 37.5 Å². The lowest BCUT2D eigenvalue weighted by atomic mass is 10.2. The van der Waals surface area contributed by atoms with Gasteiger partial charge in [-0.2, -0.15) is 0 Å². The second-order valence-electron chi connectivity index (χ2n) is 5.20. The zero-order chi connectivity index (χ0) is 14.1. The molecular formula is C14H19N5O. The molecule has 1 saturated heterocycles. The first-order chi connectivity index (χ1) is 9.66. The number of hydrogen-bond donors (Lipinski definition) is 0. The number of rotatable bonds is 1. The number of fused-ring (bicyclic) bond motifs is 1. The highest BCUT2D eigenvalue weighted by Gasteiger charge is 2.23. The van der Waals surface area contributed by atoms with Crippen LogP contribution in [0.2, 0.25) is 0 Å². The van der Waals surface area contributed by atoms with E-state index in [1.54, 1.807) is 19.0 Å². The Hall–Kier alpha value is -2.24. The van der Waals surface area contributed by atoms with Gasteiger partial charge < -0.3 is 19.1 Å². The Morgan fingerprint density at radius 2 is 1.95 bits per heavy atom. The third-order valence-corrected chi connectivity index (χ3v) is 3.67. The number of pyridine rings is 1. The maximum absolute atomic E-state index is 11.9. The molecule has 0 N–H and O–H groups in total. The highest BCUT2D eigenvalue weighted by molar-refractivity contribution is 5.75. The Bertz CT molecular complexity index is 613. The Balaban J connectivity index is 1.75. The van der Waals surface area contributed by atoms with Gasteiger partial charge in [0.05, 0.1) is 5.69 Å². The van der Waals surface area contributed by atoms with E-state index in [1.807, 2.05) is 34.0 Å². The van der Waals surface area contributed by atoms with Gasteiger partial charge >= 0.3 is 6.03 Å². The van der Waals surface area contributed by atoms with Gasteiger partial charge in [-0.25, -0.2) is 9.78 Å². The van der Waals surface area contributed by atoms with Crippen LogP contribution < -0.4 is 4.90 Å². The lowest BCUT2D eigenvalue weighted by molar-refractivity contribution is 0.168. The molecule has 1 fully saturated rings. The van der Waals surface area contributed by atoms with E-state index in [-0.39, 0.29) is 6.03 Å². The molecule has 2 amide bonds. The van der Waals surface area contributed by atoms with Crippen molar-refractivity contribution in [3.63, 3.8) is 0 Å². The highest BCUT2D eigenvalue weighted by Crippen LogP contribution is 2.21. The second kappa shape index (κ2) is 5.03. The Morgan fingerprint density at radius 3 is 2.65 bits per heavy atom. The zero-order valence-electron chi connectivity index (χ0n) is 11.9. The van der Waals surface area contributed by atoms with Crippen molar-refractivity contribution in [3.8, 4) is 0 Å². The van der Waals surface area contributed by atoms with E-state index in [0.29, 0.717) is 0 Å². The topological polar surface area (TPSA) is 44.1 Å². The van der Waals surface area contributed by atoms with Crippen LogP contribution in [-0.2, 0) is 0 Å². The fraction of sp³-hybridized carbons (Fsp3) is 0.429. The predicted molar refractivity (Wildman–Crippen MR) is 78.1 cm³/mol. The zero-order valence-corrected chi connectivity index (χ0v) is 11.9. The lowest BCUT2D eigenvalue weighted by Crippen LogP contribution is -2.51. The molecular weight excluding hydrogens is 254 g/mol. The third kappa shape index (κ3) is 2.17. The smallest absolute Gasteiger partial charge is 0.319 e. The van der Waals surface area contributed by atoms with Gasteiger partial charge in [0.1, 0.15) is 0 Å². The number of hydrogen-bond acceptors (Lipinski definition) is 3. The van der Waals surface area contributed by atoms with Crippen molar-refractivity contribution in [1.82, 2.24) is 19.2 Å². The monoisotopic (exact) mass is 273 g/mol. The molecule has 0 aliphatic carbocycles. The fourth-order valence-corrected chi connectivity index (χ4v) is 2.60. The number of piperazine rings is 1. The van der Waals surface area contributed by atoms with Gasteiger partial charge in [-0.1, -0.05) is 0 Å². The van der Waals surface area contributed by atoms with Crippen LogP contribution in [0.4, 0.5) is 10.5 Å². The summed E-state index contributed by atoms with van der Waals surface area (Å²) >= 11 is 0. The summed E-state index contributed by atoms with van der Waals surface area (Å²) in [6.45, 7) is 3.18. The molecule has 3 heterocycles. The van der Waals surface area contributed by atoms with Gasteiger partial charge in [0.15, 0.2) is 5.65 Å². The number of imidazole rings is 1. The van der Waals surface area contributed by atoms with Crippen LogP contribution in [0.15, 0.2) is 30.7 Å². The molecule has 106 valence electrons. The number of amides is 2. The van der Waals surface area contributed by atoms with E-state index in [2.05, 4.69) is 16.0 Å². The summed E-state index contributed by atoms with van der Waals surface area (Å²) in [4.78, 5) is 22.2. The van der Waals surface area contributed by atoms with Gasteiger partial charge in [0.2, 0.25) is 0 Å². The molecule has 0 spiro atoms. The van der Waals surface area contributed by atoms with Gasteiger partial charge in [0, 0.05) is 58.9 Å². The summed E-state index contributed by atoms with van der Waals surface area (Å²) in [7, 11) is 3.58. The summed E-state index contributed by atoms with van der Waals surface area (Å²) in [6.07, 6.45) is 5.76. The Morgan fingerprint density at radius 1 is 1.20 bits per heavy atom. The number of aromatic nitrogens is 2. The molecule has 2 aromatic heterocycles. The quantitative estimate of drug-likeness (QED) is 0.782. The van der Waals surface area contributed by atoms with Crippen LogP contribution in [0.5, 0.6) is 0 Å². The van der Waals surface area contributed by atoms with E-state index < -0.39 is 0 Å². The molecule has 1 aliphatic heterocycles. The maximum atomic E-state index is 11.9. The first kappa shape index (κ1) is 12.8. The predicted octanol–water partition coefficient (Wildman–Crippen LogP) is 1.14. The van der Waals surface area contributed by atoms with E-state index >= 15 is 0 Å². The van der Waals surface area contributed by atoms with Gasteiger partial charge in [-0.15, -0.1) is 0 Å². The standard InChI is InChI=1S/C14H19N5O/c1-16(2)14(20)19-10-8-17(9-11-19)12-4-3-6-18-7-5-15-13(12)18/h3-7H,8-11H2,1-2H3. The van der Waals surface area contributed by atoms with Crippen LogP contribution in [-0.4, -0.2) is 65.5 Å². The maximum Gasteiger partial charge on any atom is 0.319 e. The molecule has 0 bridgehead atoms. The largest absolute Gasteiger partial charge is 0.365 e. The van der Waals surface area contributed by atoms with Crippen LogP contribution in [0.3, 0.4) is 0 Å². The second-order valence-corrected chi connectivity index (χ2v) is 5.20. The summed E-state index contributed by atoms with van der Waals surface area (Å²) in [5.41, 5.74) is 2.11. The minimum Gasteiger partial charge on any atom is -0.365 e. The number of carbonyl (C=O) groups excluding carboxylic acids is 1. The van der Waals surface area contributed by atoms with Crippen molar-refractivity contribution < 1.29 is 4.79 Å². The van der Waals surface area contributed by atoms with Crippen LogP contribution in [0.25, 0.3) is 5.65 Å².